The Morgan fingerprint density at radius 2 is 2.00 bits per heavy atom. The van der Waals surface area contributed by atoms with Crippen LogP contribution in [0.15, 0.2) is 53.2 Å². The minimum Gasteiger partial charge on any atom is -0.461 e. The first kappa shape index (κ1) is 16.9. The first-order chi connectivity index (χ1) is 10.1. The van der Waals surface area contributed by atoms with Gasteiger partial charge in [0.1, 0.15) is 5.70 Å². The van der Waals surface area contributed by atoms with Crippen molar-refractivity contribution in [1.29, 1.82) is 0 Å². The Bertz CT molecular complexity index is 513. The maximum absolute atomic E-state index is 11.8. The molecule has 0 saturated heterocycles. The van der Waals surface area contributed by atoms with Gasteiger partial charge in [0.15, 0.2) is 0 Å². The van der Waals surface area contributed by atoms with Gasteiger partial charge in [0.25, 0.3) is 0 Å². The molecule has 3 heteroatoms. The lowest BCUT2D eigenvalue weighted by Gasteiger charge is -2.03. The summed E-state index contributed by atoms with van der Waals surface area (Å²) < 4.78 is 5.01. The second kappa shape index (κ2) is 9.70. The van der Waals surface area contributed by atoms with Gasteiger partial charge in [0.05, 0.1) is 6.61 Å². The number of hydrogen-bond donors (Lipinski definition) is 0. The predicted octanol–water partition coefficient (Wildman–Crippen LogP) is 4.26. The minimum absolute atomic E-state index is 0.354. The third kappa shape index (κ3) is 7.25. The summed E-state index contributed by atoms with van der Waals surface area (Å²) in [7, 11) is 0. The summed E-state index contributed by atoms with van der Waals surface area (Å²) in [6, 6.07) is 9.93. The van der Waals surface area contributed by atoms with Crippen LogP contribution >= 0.6 is 0 Å². The molecular formula is C18H23NO2. The molecular weight excluding hydrogens is 262 g/mol. The highest BCUT2D eigenvalue weighted by Gasteiger charge is 2.08. The van der Waals surface area contributed by atoms with Crippen LogP contribution in [0.1, 0.15) is 32.8 Å². The number of esters is 1. The average Bonchev–Trinajstić information content (AvgIpc) is 2.47. The van der Waals surface area contributed by atoms with E-state index in [-0.39, 0.29) is 5.97 Å². The van der Waals surface area contributed by atoms with Gasteiger partial charge in [-0.1, -0.05) is 56.3 Å². The molecule has 21 heavy (non-hydrogen) atoms. The number of hydrogen-bond acceptors (Lipinski definition) is 3. The molecule has 0 aromatic heterocycles. The summed E-state index contributed by atoms with van der Waals surface area (Å²) in [4.78, 5) is 16.0. The van der Waals surface area contributed by atoms with Crippen molar-refractivity contribution in [2.45, 2.75) is 27.2 Å². The largest absolute Gasteiger partial charge is 0.461 e. The van der Waals surface area contributed by atoms with E-state index in [1.807, 2.05) is 48.6 Å². The van der Waals surface area contributed by atoms with E-state index in [1.165, 1.54) is 0 Å². The molecule has 0 aliphatic heterocycles. The van der Waals surface area contributed by atoms with Crippen LogP contribution in [0, 0.1) is 5.92 Å². The summed E-state index contributed by atoms with van der Waals surface area (Å²) in [5.41, 5.74) is 1.45. The molecule has 1 aromatic carbocycles. The predicted molar refractivity (Wildman–Crippen MR) is 88.1 cm³/mol. The van der Waals surface area contributed by atoms with E-state index in [4.69, 9.17) is 4.74 Å². The fourth-order valence-corrected chi connectivity index (χ4v) is 1.58. The van der Waals surface area contributed by atoms with Crippen LogP contribution in [-0.2, 0) is 9.53 Å². The van der Waals surface area contributed by atoms with Gasteiger partial charge in [-0.3, -0.25) is 0 Å². The maximum atomic E-state index is 11.8. The van der Waals surface area contributed by atoms with Crippen molar-refractivity contribution in [3.63, 3.8) is 0 Å². The van der Waals surface area contributed by atoms with Crippen molar-refractivity contribution < 1.29 is 9.53 Å². The Hall–Kier alpha value is -2.16. The lowest BCUT2D eigenvalue weighted by molar-refractivity contribution is -0.138. The molecule has 3 nitrogen and oxygen atoms in total. The molecule has 0 aliphatic carbocycles. The van der Waals surface area contributed by atoms with Gasteiger partial charge in [-0.2, -0.15) is 0 Å². The first-order valence-corrected chi connectivity index (χ1v) is 7.26. The summed E-state index contributed by atoms with van der Waals surface area (Å²) in [6.45, 7) is 6.33. The second-order valence-corrected chi connectivity index (χ2v) is 4.99. The van der Waals surface area contributed by atoms with Gasteiger partial charge in [-0.15, -0.1) is 0 Å². The van der Waals surface area contributed by atoms with Gasteiger partial charge in [0.2, 0.25) is 0 Å². The van der Waals surface area contributed by atoms with E-state index in [2.05, 4.69) is 18.8 Å². The number of benzene rings is 1. The Morgan fingerprint density at radius 1 is 1.29 bits per heavy atom. The minimum atomic E-state index is -0.373. The monoisotopic (exact) mass is 285 g/mol. The normalized spacial score (nSPS) is 12.5. The van der Waals surface area contributed by atoms with Crippen LogP contribution in [0.25, 0.3) is 6.08 Å². The van der Waals surface area contributed by atoms with Crippen molar-refractivity contribution in [1.82, 2.24) is 0 Å². The van der Waals surface area contributed by atoms with Crippen molar-refractivity contribution in [3.05, 3.63) is 53.7 Å². The van der Waals surface area contributed by atoms with Crippen molar-refractivity contribution in [2.24, 2.45) is 10.9 Å². The highest BCUT2D eigenvalue weighted by molar-refractivity contribution is 5.91. The average molecular weight is 285 g/mol. The molecule has 112 valence electrons. The number of carbonyl (C=O) groups excluding carboxylic acids is 1. The van der Waals surface area contributed by atoms with E-state index in [0.29, 0.717) is 18.2 Å². The van der Waals surface area contributed by atoms with E-state index >= 15 is 0 Å². The maximum Gasteiger partial charge on any atom is 0.356 e. The quantitative estimate of drug-likeness (QED) is 0.426. The zero-order valence-electron chi connectivity index (χ0n) is 13.0. The number of nitrogens with zero attached hydrogens (tertiary/aromatic N) is 1. The first-order valence-electron chi connectivity index (χ1n) is 7.26. The lowest BCUT2D eigenvalue weighted by Crippen LogP contribution is -2.06. The molecule has 0 aliphatic rings. The van der Waals surface area contributed by atoms with Crippen LogP contribution in [0.2, 0.25) is 0 Å². The molecule has 1 rings (SSSR count). The smallest absolute Gasteiger partial charge is 0.356 e. The van der Waals surface area contributed by atoms with Crippen molar-refractivity contribution in [2.75, 3.05) is 6.61 Å². The number of allylic oxidation sites excluding steroid dienone is 2. The molecule has 0 spiro atoms. The lowest BCUT2D eigenvalue weighted by atomic mass is 10.1. The molecule has 0 fully saturated rings. The molecule has 1 aromatic rings. The number of aliphatic imine (C=N–C) groups is 1. The van der Waals surface area contributed by atoms with Gasteiger partial charge in [0, 0.05) is 6.21 Å². The summed E-state index contributed by atoms with van der Waals surface area (Å²) >= 11 is 0. The van der Waals surface area contributed by atoms with E-state index < -0.39 is 0 Å². The second-order valence-electron chi connectivity index (χ2n) is 4.99. The molecule has 0 bridgehead atoms. The molecule has 0 unspecified atom stereocenters. The van der Waals surface area contributed by atoms with Crippen molar-refractivity contribution >= 4 is 18.3 Å². The van der Waals surface area contributed by atoms with Crippen LogP contribution in [-0.4, -0.2) is 18.8 Å². The Balaban J connectivity index is 2.71. The van der Waals surface area contributed by atoms with Crippen molar-refractivity contribution in [3.8, 4) is 0 Å². The van der Waals surface area contributed by atoms with E-state index in [0.717, 1.165) is 12.0 Å². The van der Waals surface area contributed by atoms with Gasteiger partial charge in [-0.25, -0.2) is 9.79 Å². The van der Waals surface area contributed by atoms with Crippen LogP contribution in [0.4, 0.5) is 0 Å². The third-order valence-electron chi connectivity index (χ3n) is 2.66. The summed E-state index contributed by atoms with van der Waals surface area (Å²) in [5, 5.41) is 0. The topological polar surface area (TPSA) is 38.7 Å². The van der Waals surface area contributed by atoms with Gasteiger partial charge < -0.3 is 4.74 Å². The zero-order chi connectivity index (χ0) is 15.5. The zero-order valence-corrected chi connectivity index (χ0v) is 13.0. The van der Waals surface area contributed by atoms with Gasteiger partial charge >= 0.3 is 5.97 Å². The van der Waals surface area contributed by atoms with Gasteiger partial charge in [-0.05, 0) is 30.9 Å². The molecule has 0 N–H and O–H groups in total. The van der Waals surface area contributed by atoms with E-state index in [1.54, 1.807) is 13.1 Å². The Labute approximate surface area is 127 Å². The highest BCUT2D eigenvalue weighted by Crippen LogP contribution is 2.08. The molecule has 0 atom stereocenters. The van der Waals surface area contributed by atoms with Crippen LogP contribution in [0.3, 0.4) is 0 Å². The summed E-state index contributed by atoms with van der Waals surface area (Å²) in [6.07, 6.45) is 8.01. The number of ether oxygens (including phenoxy) is 1. The standard InChI is InChI=1S/C18H23NO2/c1-4-21-18(20)17(13-12-15(2)3)19-14-8-11-16-9-6-5-7-10-16/h5-11,13-15H,4,12H2,1-3H3/b11-8+,17-13+,19-14+. The fraction of sp³-hybridized carbons (Fsp3) is 0.333. The SMILES string of the molecule is CCOC(=O)C(=C\CC(C)C)/N=C/C=C/c1ccccc1. The molecule has 0 radical (unpaired) electrons. The molecule has 0 saturated carbocycles. The highest BCUT2D eigenvalue weighted by atomic mass is 16.5. The van der Waals surface area contributed by atoms with Crippen LogP contribution in [0.5, 0.6) is 0 Å². The third-order valence-corrected chi connectivity index (χ3v) is 2.66. The molecule has 0 heterocycles. The molecule has 0 amide bonds. The van der Waals surface area contributed by atoms with Crippen LogP contribution < -0.4 is 0 Å². The number of carbonyl (C=O) groups is 1. The van der Waals surface area contributed by atoms with E-state index in [9.17, 15) is 4.79 Å². The Morgan fingerprint density at radius 3 is 2.62 bits per heavy atom. The summed E-state index contributed by atoms with van der Waals surface area (Å²) in [5.74, 6) is 0.104. The Kier molecular flexibility index (Phi) is 7.80. The number of rotatable bonds is 7. The fourth-order valence-electron chi connectivity index (χ4n) is 1.58.